The van der Waals surface area contributed by atoms with Crippen LogP contribution in [0.3, 0.4) is 0 Å². The zero-order valence-electron chi connectivity index (χ0n) is 18.9. The summed E-state index contributed by atoms with van der Waals surface area (Å²) >= 11 is 28.2. The number of ether oxygens (including phenoxy) is 2. The molecule has 0 spiro atoms. The van der Waals surface area contributed by atoms with E-state index in [4.69, 9.17) is 56.5 Å². The minimum absolute atomic E-state index is 0.124. The Balaban J connectivity index is 1.52. The van der Waals surface area contributed by atoms with E-state index in [1.54, 1.807) is 60.7 Å². The number of hydrogen-bond acceptors (Lipinski definition) is 6. The van der Waals surface area contributed by atoms with E-state index in [9.17, 15) is 9.59 Å². The van der Waals surface area contributed by atoms with Crippen molar-refractivity contribution in [2.45, 2.75) is 6.61 Å². The molecule has 2 amide bonds. The normalized spacial score (nSPS) is 14.3. The molecule has 190 valence electrons. The van der Waals surface area contributed by atoms with E-state index in [2.05, 4.69) is 21.4 Å². The van der Waals surface area contributed by atoms with Crippen LogP contribution in [0.15, 0.2) is 64.0 Å². The Bertz CT molecular complexity index is 1410. The number of carbonyl (C=O) groups is 2. The van der Waals surface area contributed by atoms with Crippen LogP contribution in [0.25, 0.3) is 6.08 Å². The lowest BCUT2D eigenvalue weighted by molar-refractivity contribution is -0.123. The molecule has 1 aliphatic rings. The van der Waals surface area contributed by atoms with Gasteiger partial charge in [-0.05, 0) is 88.3 Å². The van der Waals surface area contributed by atoms with Crippen LogP contribution in [0, 0.1) is 0 Å². The number of methoxy groups -OCH3 is 1. The summed E-state index contributed by atoms with van der Waals surface area (Å²) in [5, 5.41) is 2.52. The zero-order valence-corrected chi connectivity index (χ0v) is 24.4. The lowest BCUT2D eigenvalue weighted by atomic mass is 10.1. The molecule has 0 aromatic heterocycles. The molecule has 0 aliphatic carbocycles. The summed E-state index contributed by atoms with van der Waals surface area (Å²) in [6, 6.07) is 15.0. The Morgan fingerprint density at radius 3 is 2.46 bits per heavy atom. The smallest absolute Gasteiger partial charge is 0.285 e. The molecule has 6 nitrogen and oxygen atoms in total. The maximum Gasteiger partial charge on any atom is 0.285 e. The van der Waals surface area contributed by atoms with Gasteiger partial charge < -0.3 is 9.47 Å². The van der Waals surface area contributed by atoms with Crippen molar-refractivity contribution in [1.82, 2.24) is 10.4 Å². The monoisotopic (exact) mass is 656 g/mol. The Labute approximate surface area is 245 Å². The number of amides is 2. The van der Waals surface area contributed by atoms with Crippen molar-refractivity contribution in [2.75, 3.05) is 7.11 Å². The van der Waals surface area contributed by atoms with Crippen LogP contribution in [-0.4, -0.2) is 28.3 Å². The second kappa shape index (κ2) is 12.1. The minimum Gasteiger partial charge on any atom is -0.493 e. The summed E-state index contributed by atoms with van der Waals surface area (Å²) in [6.07, 6.45) is 1.65. The van der Waals surface area contributed by atoms with Crippen LogP contribution in [0.2, 0.25) is 15.1 Å². The fourth-order valence-electron chi connectivity index (χ4n) is 3.26. The number of thioether (sulfide) groups is 1. The predicted octanol–water partition coefficient (Wildman–Crippen LogP) is 7.54. The molecule has 1 aliphatic heterocycles. The summed E-state index contributed by atoms with van der Waals surface area (Å²) in [7, 11) is 1.51. The molecule has 3 aromatic carbocycles. The molecule has 0 unspecified atom stereocenters. The standard InChI is InChI=1S/C25H16BrCl3N2O4S2/c1-34-20-10-13(9-17(26)22(20)35-12-16-18(28)3-2-4-19(16)29)11-21-24(33)31(25(36)37-21)30-23(32)14-5-7-15(27)8-6-14/h2-11H,12H2,1H3,(H,30,32)/b21-11-. The van der Waals surface area contributed by atoms with Gasteiger partial charge in [0.25, 0.3) is 11.8 Å². The van der Waals surface area contributed by atoms with Gasteiger partial charge in [0.05, 0.1) is 16.5 Å². The van der Waals surface area contributed by atoms with Crippen LogP contribution in [0.1, 0.15) is 21.5 Å². The van der Waals surface area contributed by atoms with Crippen molar-refractivity contribution in [3.63, 3.8) is 0 Å². The van der Waals surface area contributed by atoms with Gasteiger partial charge >= 0.3 is 0 Å². The number of thiocarbonyl (C=S) groups is 1. The third-order valence-electron chi connectivity index (χ3n) is 5.09. The van der Waals surface area contributed by atoms with Crippen molar-refractivity contribution in [2.24, 2.45) is 0 Å². The predicted molar refractivity (Wildman–Crippen MR) is 155 cm³/mol. The van der Waals surface area contributed by atoms with Crippen molar-refractivity contribution in [3.8, 4) is 11.5 Å². The van der Waals surface area contributed by atoms with E-state index in [0.29, 0.717) is 52.6 Å². The van der Waals surface area contributed by atoms with Crippen LogP contribution in [-0.2, 0) is 11.4 Å². The number of hydrazine groups is 1. The largest absolute Gasteiger partial charge is 0.493 e. The SMILES string of the molecule is COc1cc(/C=C2\SC(=S)N(NC(=O)c3ccc(Cl)cc3)C2=O)cc(Br)c1OCc1c(Cl)cccc1Cl. The molecule has 37 heavy (non-hydrogen) atoms. The summed E-state index contributed by atoms with van der Waals surface area (Å²) < 4.78 is 12.3. The first-order valence-electron chi connectivity index (χ1n) is 10.5. The first-order chi connectivity index (χ1) is 17.7. The molecular weight excluding hydrogens is 643 g/mol. The molecule has 0 bridgehead atoms. The van der Waals surface area contributed by atoms with E-state index < -0.39 is 11.8 Å². The second-order valence-electron chi connectivity index (χ2n) is 7.49. The highest BCUT2D eigenvalue weighted by atomic mass is 79.9. The quantitative estimate of drug-likeness (QED) is 0.209. The molecule has 3 aromatic rings. The van der Waals surface area contributed by atoms with Crippen LogP contribution < -0.4 is 14.9 Å². The average Bonchev–Trinajstić information content (AvgIpc) is 3.12. The van der Waals surface area contributed by atoms with Gasteiger partial charge in [-0.1, -0.05) is 52.6 Å². The zero-order chi connectivity index (χ0) is 26.7. The Morgan fingerprint density at radius 1 is 1.14 bits per heavy atom. The average molecular weight is 659 g/mol. The van der Waals surface area contributed by atoms with Gasteiger partial charge in [0, 0.05) is 26.2 Å². The summed E-state index contributed by atoms with van der Waals surface area (Å²) in [5.74, 6) is -0.0754. The van der Waals surface area contributed by atoms with Crippen LogP contribution in [0.4, 0.5) is 0 Å². The fraction of sp³-hybridized carbons (Fsp3) is 0.0800. The van der Waals surface area contributed by atoms with E-state index in [1.807, 2.05) is 0 Å². The fourth-order valence-corrected chi connectivity index (χ4v) is 5.65. The molecule has 4 rings (SSSR count). The minimum atomic E-state index is -0.487. The molecule has 1 heterocycles. The number of carbonyl (C=O) groups excluding carboxylic acids is 2. The molecule has 0 atom stereocenters. The summed E-state index contributed by atoms with van der Waals surface area (Å²) in [6.45, 7) is 0.124. The topological polar surface area (TPSA) is 67.9 Å². The summed E-state index contributed by atoms with van der Waals surface area (Å²) in [4.78, 5) is 25.9. The second-order valence-corrected chi connectivity index (χ2v) is 11.3. The number of nitrogens with zero attached hydrogens (tertiary/aromatic N) is 1. The highest BCUT2D eigenvalue weighted by Crippen LogP contribution is 2.40. The number of halogens is 4. The highest BCUT2D eigenvalue weighted by Gasteiger charge is 2.34. The number of nitrogens with one attached hydrogen (secondary N) is 1. The first-order valence-corrected chi connectivity index (χ1v) is 13.6. The molecule has 12 heteroatoms. The van der Waals surface area contributed by atoms with Crippen molar-refractivity contribution in [3.05, 3.63) is 95.7 Å². The van der Waals surface area contributed by atoms with Gasteiger partial charge in [0.15, 0.2) is 15.8 Å². The van der Waals surface area contributed by atoms with Crippen LogP contribution >= 0.6 is 74.7 Å². The molecule has 1 fully saturated rings. The van der Waals surface area contributed by atoms with Gasteiger partial charge in [-0.2, -0.15) is 5.01 Å². The lowest BCUT2D eigenvalue weighted by Gasteiger charge is -2.16. The third kappa shape index (κ3) is 6.42. The van der Waals surface area contributed by atoms with E-state index >= 15 is 0 Å². The van der Waals surface area contributed by atoms with Gasteiger partial charge in [0.2, 0.25) is 0 Å². The van der Waals surface area contributed by atoms with Crippen molar-refractivity contribution < 1.29 is 19.1 Å². The Kier molecular flexibility index (Phi) is 9.05. The number of rotatable bonds is 7. The highest BCUT2D eigenvalue weighted by molar-refractivity contribution is 9.10. The van der Waals surface area contributed by atoms with Crippen molar-refractivity contribution in [1.29, 1.82) is 0 Å². The maximum atomic E-state index is 13.0. The van der Waals surface area contributed by atoms with Gasteiger partial charge in [-0.15, -0.1) is 0 Å². The number of benzene rings is 3. The number of hydrogen-bond donors (Lipinski definition) is 1. The molecule has 0 radical (unpaired) electrons. The molecule has 1 saturated heterocycles. The Morgan fingerprint density at radius 2 is 1.81 bits per heavy atom. The van der Waals surface area contributed by atoms with Gasteiger partial charge in [0.1, 0.15) is 6.61 Å². The van der Waals surface area contributed by atoms with E-state index in [0.717, 1.165) is 16.8 Å². The van der Waals surface area contributed by atoms with E-state index in [-0.39, 0.29) is 10.9 Å². The summed E-state index contributed by atoms with van der Waals surface area (Å²) in [5.41, 5.74) is 4.17. The lowest BCUT2D eigenvalue weighted by Crippen LogP contribution is -2.44. The first kappa shape index (κ1) is 27.8. The van der Waals surface area contributed by atoms with Gasteiger partial charge in [-0.3, -0.25) is 15.0 Å². The van der Waals surface area contributed by atoms with Crippen molar-refractivity contribution >= 4 is 96.9 Å². The van der Waals surface area contributed by atoms with Crippen LogP contribution in [0.5, 0.6) is 11.5 Å². The molecule has 0 saturated carbocycles. The third-order valence-corrected chi connectivity index (χ3v) is 7.94. The van der Waals surface area contributed by atoms with Gasteiger partial charge in [-0.25, -0.2) is 0 Å². The molecule has 1 N–H and O–H groups in total. The maximum absolute atomic E-state index is 13.0. The van der Waals surface area contributed by atoms with E-state index in [1.165, 1.54) is 7.11 Å². The Hall–Kier alpha value is -2.27. The molecular formula is C25H16BrCl3N2O4S2.